The average Bonchev–Trinajstić information content (AvgIpc) is 2.13. The van der Waals surface area contributed by atoms with Crippen molar-refractivity contribution in [1.82, 2.24) is 0 Å². The van der Waals surface area contributed by atoms with Crippen LogP contribution in [0.25, 0.3) is 0 Å². The van der Waals surface area contributed by atoms with Crippen LogP contribution in [0.4, 0.5) is 0 Å². The predicted octanol–water partition coefficient (Wildman–Crippen LogP) is 3.49. The molecule has 0 fully saturated rings. The Morgan fingerprint density at radius 3 is 1.62 bits per heavy atom. The quantitative estimate of drug-likeness (QED) is 0.688. The lowest BCUT2D eigenvalue weighted by Gasteiger charge is -2.40. The molecule has 0 rings (SSSR count). The number of Topliss-reactive ketones (excluding diaryl/α,β-unsaturated/α-hetero) is 1. The third kappa shape index (κ3) is 2.72. The van der Waals surface area contributed by atoms with Crippen LogP contribution in [0.3, 0.4) is 0 Å². The lowest BCUT2D eigenvalue weighted by Crippen LogP contribution is -2.45. The van der Waals surface area contributed by atoms with E-state index in [1.54, 1.807) is 0 Å². The van der Waals surface area contributed by atoms with Crippen LogP contribution in [0.2, 0.25) is 0 Å². The van der Waals surface area contributed by atoms with Crippen LogP contribution in [0.1, 0.15) is 55.4 Å². The van der Waals surface area contributed by atoms with E-state index in [1.165, 1.54) is 0 Å². The molecule has 0 aliphatic carbocycles. The zero-order valence-corrected chi connectivity index (χ0v) is 12.0. The molecule has 0 aliphatic heterocycles. The summed E-state index contributed by atoms with van der Waals surface area (Å²) in [4.78, 5) is 23.6. The molecule has 0 aromatic rings. The zero-order valence-electron chi connectivity index (χ0n) is 12.0. The molecule has 0 N–H and O–H groups in total. The van der Waals surface area contributed by atoms with E-state index in [1.807, 2.05) is 34.6 Å². The number of ketones is 1. The minimum absolute atomic E-state index is 0.0540. The van der Waals surface area contributed by atoms with E-state index >= 15 is 0 Å². The van der Waals surface area contributed by atoms with Gasteiger partial charge in [-0.3, -0.25) is 4.79 Å². The molecule has 1 unspecified atom stereocenters. The van der Waals surface area contributed by atoms with Crippen LogP contribution in [0.5, 0.6) is 0 Å². The maximum absolute atomic E-state index is 12.5. The Balaban J connectivity index is 5.21. The average molecular weight is 226 g/mol. The minimum atomic E-state index is -0.624. The van der Waals surface area contributed by atoms with E-state index in [-0.39, 0.29) is 17.1 Å². The first-order chi connectivity index (χ1) is 6.88. The number of carbonyl (C=O) groups is 2. The number of hydrogen-bond acceptors (Lipinski definition) is 2. The SMILES string of the molecule is CC(C(=O)C(C)(C)C(C)(C)C=O)C(C)(C)C. The second kappa shape index (κ2) is 4.31. The summed E-state index contributed by atoms with van der Waals surface area (Å²) < 4.78 is 0. The third-order valence-electron chi connectivity index (χ3n) is 4.21. The largest absolute Gasteiger partial charge is 0.303 e. The summed E-state index contributed by atoms with van der Waals surface area (Å²) in [5.41, 5.74) is -1.31. The number of carbonyl (C=O) groups excluding carboxylic acids is 2. The molecule has 0 bridgehead atoms. The van der Waals surface area contributed by atoms with Crippen LogP contribution >= 0.6 is 0 Å². The molecular formula is C14H26O2. The highest BCUT2D eigenvalue weighted by Gasteiger charge is 2.46. The van der Waals surface area contributed by atoms with Gasteiger partial charge in [-0.15, -0.1) is 0 Å². The first kappa shape index (κ1) is 15.3. The minimum Gasteiger partial charge on any atom is -0.303 e. The van der Waals surface area contributed by atoms with Crippen molar-refractivity contribution in [2.75, 3.05) is 0 Å². The molecule has 0 heterocycles. The maximum atomic E-state index is 12.5. The molecule has 0 aromatic carbocycles. The maximum Gasteiger partial charge on any atom is 0.142 e. The fourth-order valence-corrected chi connectivity index (χ4v) is 1.40. The predicted molar refractivity (Wildman–Crippen MR) is 67.3 cm³/mol. The smallest absolute Gasteiger partial charge is 0.142 e. The lowest BCUT2D eigenvalue weighted by atomic mass is 9.61. The fraction of sp³-hybridized carbons (Fsp3) is 0.857. The molecule has 16 heavy (non-hydrogen) atoms. The van der Waals surface area contributed by atoms with Crippen LogP contribution in [-0.2, 0) is 9.59 Å². The Hall–Kier alpha value is -0.660. The van der Waals surface area contributed by atoms with Gasteiger partial charge in [0.25, 0.3) is 0 Å². The highest BCUT2D eigenvalue weighted by molar-refractivity contribution is 5.90. The van der Waals surface area contributed by atoms with Gasteiger partial charge in [-0.05, 0) is 5.41 Å². The fourth-order valence-electron chi connectivity index (χ4n) is 1.40. The Morgan fingerprint density at radius 2 is 1.38 bits per heavy atom. The zero-order chi connectivity index (χ0) is 13.4. The number of hydrogen-bond donors (Lipinski definition) is 0. The summed E-state index contributed by atoms with van der Waals surface area (Å²) in [5.74, 6) is 0.110. The molecule has 0 saturated carbocycles. The molecule has 1 atom stereocenters. The van der Waals surface area contributed by atoms with Gasteiger partial charge in [0.15, 0.2) is 0 Å². The summed E-state index contributed by atoms with van der Waals surface area (Å²) in [6.07, 6.45) is 0.889. The van der Waals surface area contributed by atoms with E-state index in [0.717, 1.165) is 6.29 Å². The van der Waals surface area contributed by atoms with Crippen LogP contribution < -0.4 is 0 Å². The first-order valence-corrected chi connectivity index (χ1v) is 5.88. The molecule has 0 aromatic heterocycles. The van der Waals surface area contributed by atoms with E-state index in [2.05, 4.69) is 20.8 Å². The summed E-state index contributed by atoms with van der Waals surface area (Å²) >= 11 is 0. The van der Waals surface area contributed by atoms with Gasteiger partial charge in [-0.1, -0.05) is 55.4 Å². The van der Waals surface area contributed by atoms with Crippen molar-refractivity contribution in [2.24, 2.45) is 22.2 Å². The van der Waals surface area contributed by atoms with Crippen molar-refractivity contribution in [3.8, 4) is 0 Å². The van der Waals surface area contributed by atoms with Gasteiger partial charge >= 0.3 is 0 Å². The van der Waals surface area contributed by atoms with Gasteiger partial charge in [0.05, 0.1) is 0 Å². The Bertz CT molecular complexity index is 280. The van der Waals surface area contributed by atoms with Crippen LogP contribution in [0.15, 0.2) is 0 Å². The van der Waals surface area contributed by atoms with Gasteiger partial charge in [-0.2, -0.15) is 0 Å². The highest BCUT2D eigenvalue weighted by atomic mass is 16.1. The number of aldehydes is 1. The van der Waals surface area contributed by atoms with Gasteiger partial charge in [-0.25, -0.2) is 0 Å². The van der Waals surface area contributed by atoms with Crippen molar-refractivity contribution >= 4 is 12.1 Å². The summed E-state index contributed by atoms with van der Waals surface area (Å²) in [6, 6.07) is 0. The van der Waals surface area contributed by atoms with E-state index in [0.29, 0.717) is 0 Å². The van der Waals surface area contributed by atoms with Gasteiger partial charge in [0.1, 0.15) is 12.1 Å². The van der Waals surface area contributed by atoms with Crippen molar-refractivity contribution in [2.45, 2.75) is 55.4 Å². The summed E-state index contributed by atoms with van der Waals surface area (Å²) in [6.45, 7) is 15.5. The Kier molecular flexibility index (Phi) is 4.13. The number of rotatable bonds is 4. The van der Waals surface area contributed by atoms with E-state index < -0.39 is 10.8 Å². The molecule has 0 aliphatic rings. The third-order valence-corrected chi connectivity index (χ3v) is 4.21. The summed E-state index contributed by atoms with van der Waals surface area (Å²) in [5, 5.41) is 0. The van der Waals surface area contributed by atoms with Crippen LogP contribution in [0, 0.1) is 22.2 Å². The second-order valence-corrected chi connectivity index (χ2v) is 6.92. The lowest BCUT2D eigenvalue weighted by molar-refractivity contribution is -0.144. The molecule has 0 saturated heterocycles. The van der Waals surface area contributed by atoms with Gasteiger partial charge < -0.3 is 4.79 Å². The van der Waals surface area contributed by atoms with Crippen molar-refractivity contribution < 1.29 is 9.59 Å². The van der Waals surface area contributed by atoms with Crippen LogP contribution in [-0.4, -0.2) is 12.1 Å². The second-order valence-electron chi connectivity index (χ2n) is 6.92. The molecule has 94 valence electrons. The Morgan fingerprint density at radius 1 is 1.00 bits per heavy atom. The van der Waals surface area contributed by atoms with Crippen molar-refractivity contribution in [3.63, 3.8) is 0 Å². The Labute approximate surface area is 99.8 Å². The molecule has 2 nitrogen and oxygen atoms in total. The van der Waals surface area contributed by atoms with Crippen molar-refractivity contribution in [3.05, 3.63) is 0 Å². The topological polar surface area (TPSA) is 34.1 Å². The van der Waals surface area contributed by atoms with Crippen molar-refractivity contribution in [1.29, 1.82) is 0 Å². The summed E-state index contributed by atoms with van der Waals surface area (Å²) in [7, 11) is 0. The molecule has 0 radical (unpaired) electrons. The standard InChI is InChI=1S/C14H26O2/c1-10(12(2,3)4)11(16)14(7,8)13(5,6)9-15/h9-10H,1-8H3. The first-order valence-electron chi connectivity index (χ1n) is 5.88. The molecule has 2 heteroatoms. The highest BCUT2D eigenvalue weighted by Crippen LogP contribution is 2.42. The monoisotopic (exact) mass is 226 g/mol. The van der Waals surface area contributed by atoms with Gasteiger partial charge in [0, 0.05) is 16.7 Å². The molecule has 0 amide bonds. The van der Waals surface area contributed by atoms with Gasteiger partial charge in [0.2, 0.25) is 0 Å². The van der Waals surface area contributed by atoms with E-state index in [4.69, 9.17) is 0 Å². The van der Waals surface area contributed by atoms with E-state index in [9.17, 15) is 9.59 Å². The normalized spacial score (nSPS) is 15.8. The molecule has 0 spiro atoms. The molecular weight excluding hydrogens is 200 g/mol.